The van der Waals surface area contributed by atoms with Gasteiger partial charge in [-0.25, -0.2) is 8.42 Å². The molecule has 1 heterocycles. The Hall–Kier alpha value is -1.13. The zero-order chi connectivity index (χ0) is 14.8. The first-order chi connectivity index (χ1) is 9.40. The maximum Gasteiger partial charge on any atom is 0.322 e. The van der Waals surface area contributed by atoms with Crippen LogP contribution < -0.4 is 0 Å². The van der Waals surface area contributed by atoms with Gasteiger partial charge in [0.05, 0.1) is 17.2 Å². The van der Waals surface area contributed by atoms with E-state index in [1.165, 1.54) is 0 Å². The van der Waals surface area contributed by atoms with Crippen molar-refractivity contribution < 1.29 is 18.3 Å². The van der Waals surface area contributed by atoms with Crippen molar-refractivity contribution in [3.05, 3.63) is 0 Å². The van der Waals surface area contributed by atoms with Crippen LogP contribution in [0.2, 0.25) is 0 Å². The lowest BCUT2D eigenvalue weighted by molar-refractivity contribution is -0.140. The van der Waals surface area contributed by atoms with Crippen molar-refractivity contribution in [2.24, 2.45) is 5.41 Å². The van der Waals surface area contributed by atoms with Crippen molar-refractivity contribution in [2.45, 2.75) is 51.0 Å². The molecule has 1 aliphatic carbocycles. The minimum atomic E-state index is -3.69. The number of carbonyl (C=O) groups is 1. The second-order valence-corrected chi connectivity index (χ2v) is 7.74. The number of nitriles is 1. The predicted octanol–water partition coefficient (Wildman–Crippen LogP) is 1.34. The fourth-order valence-corrected chi connectivity index (χ4v) is 5.48. The van der Waals surface area contributed by atoms with E-state index >= 15 is 0 Å². The molecule has 7 heteroatoms. The van der Waals surface area contributed by atoms with Gasteiger partial charge in [0.15, 0.2) is 0 Å². The van der Waals surface area contributed by atoms with E-state index in [2.05, 4.69) is 6.07 Å². The Morgan fingerprint density at radius 1 is 1.30 bits per heavy atom. The van der Waals surface area contributed by atoms with Crippen molar-refractivity contribution >= 4 is 16.0 Å². The van der Waals surface area contributed by atoms with Crippen LogP contribution in [0.3, 0.4) is 0 Å². The van der Waals surface area contributed by atoms with E-state index in [-0.39, 0.29) is 12.3 Å². The minimum Gasteiger partial charge on any atom is -0.480 e. The van der Waals surface area contributed by atoms with Crippen LogP contribution >= 0.6 is 0 Å². The summed E-state index contributed by atoms with van der Waals surface area (Å²) >= 11 is 0. The molecule has 1 saturated heterocycles. The molecule has 0 aromatic rings. The molecule has 2 fully saturated rings. The summed E-state index contributed by atoms with van der Waals surface area (Å²) in [7, 11) is -3.69. The van der Waals surface area contributed by atoms with Crippen LogP contribution in [-0.4, -0.2) is 42.1 Å². The molecule has 6 nitrogen and oxygen atoms in total. The van der Waals surface area contributed by atoms with Crippen LogP contribution in [0.4, 0.5) is 0 Å². The molecule has 0 aromatic carbocycles. The van der Waals surface area contributed by atoms with Gasteiger partial charge < -0.3 is 5.11 Å². The first kappa shape index (κ1) is 15.3. The standard InChI is InChI=1S/C13H20N2O4S/c14-9-13(6-2-1-3-7-13)10-20(18,19)15-8-4-5-11(15)12(16)17/h11H,1-8,10H2,(H,16,17)/t11-/m0/s1. The van der Waals surface area contributed by atoms with Gasteiger partial charge in [-0.05, 0) is 25.7 Å². The third kappa shape index (κ3) is 2.96. The Kier molecular flexibility index (Phi) is 4.35. The summed E-state index contributed by atoms with van der Waals surface area (Å²) in [6.45, 7) is 0.251. The topological polar surface area (TPSA) is 98.5 Å². The van der Waals surface area contributed by atoms with E-state index in [1.54, 1.807) is 0 Å². The lowest BCUT2D eigenvalue weighted by Crippen LogP contribution is -2.45. The highest BCUT2D eigenvalue weighted by atomic mass is 32.2. The number of hydrogen-bond donors (Lipinski definition) is 1. The fourth-order valence-electron chi connectivity index (χ4n) is 3.27. The smallest absolute Gasteiger partial charge is 0.322 e. The third-order valence-corrected chi connectivity index (χ3v) is 6.42. The van der Waals surface area contributed by atoms with Gasteiger partial charge >= 0.3 is 5.97 Å². The van der Waals surface area contributed by atoms with Gasteiger partial charge in [0.25, 0.3) is 0 Å². The molecule has 20 heavy (non-hydrogen) atoms. The maximum atomic E-state index is 12.5. The first-order valence-electron chi connectivity index (χ1n) is 7.04. The van der Waals surface area contributed by atoms with Crippen LogP contribution in [0.1, 0.15) is 44.9 Å². The monoisotopic (exact) mass is 300 g/mol. The zero-order valence-corrected chi connectivity index (χ0v) is 12.2. The van der Waals surface area contributed by atoms with E-state index in [0.717, 1.165) is 23.6 Å². The number of carboxylic acids is 1. The molecule has 0 spiro atoms. The second kappa shape index (κ2) is 5.70. The SMILES string of the molecule is N#CC1(CS(=O)(=O)N2CCC[C@H]2C(=O)O)CCCCC1. The normalized spacial score (nSPS) is 27.1. The quantitative estimate of drug-likeness (QED) is 0.844. The van der Waals surface area contributed by atoms with E-state index in [0.29, 0.717) is 25.7 Å². The molecule has 2 aliphatic rings. The average Bonchev–Trinajstić information content (AvgIpc) is 2.89. The van der Waals surface area contributed by atoms with Gasteiger partial charge in [0.2, 0.25) is 10.0 Å². The molecule has 1 aliphatic heterocycles. The molecule has 1 saturated carbocycles. The van der Waals surface area contributed by atoms with Crippen LogP contribution in [0.5, 0.6) is 0 Å². The lowest BCUT2D eigenvalue weighted by Gasteiger charge is -2.32. The lowest BCUT2D eigenvalue weighted by atomic mass is 9.77. The highest BCUT2D eigenvalue weighted by Crippen LogP contribution is 2.38. The zero-order valence-electron chi connectivity index (χ0n) is 11.4. The van der Waals surface area contributed by atoms with Crippen molar-refractivity contribution in [2.75, 3.05) is 12.3 Å². The summed E-state index contributed by atoms with van der Waals surface area (Å²) < 4.78 is 26.1. The molecular weight excluding hydrogens is 280 g/mol. The molecule has 1 N–H and O–H groups in total. The van der Waals surface area contributed by atoms with Gasteiger partial charge in [0, 0.05) is 6.54 Å². The summed E-state index contributed by atoms with van der Waals surface area (Å²) in [5.74, 6) is -1.33. The summed E-state index contributed by atoms with van der Waals surface area (Å²) in [6, 6.07) is 1.23. The number of carboxylic acid groups (broad SMARTS) is 1. The molecule has 0 radical (unpaired) electrons. The molecule has 112 valence electrons. The Labute approximate surface area is 119 Å². The Bertz CT molecular complexity index is 517. The van der Waals surface area contributed by atoms with Gasteiger partial charge in [-0.15, -0.1) is 0 Å². The summed E-state index contributed by atoms with van der Waals surface area (Å²) in [6.07, 6.45) is 4.87. The largest absolute Gasteiger partial charge is 0.480 e. The Balaban J connectivity index is 2.18. The third-order valence-electron chi connectivity index (χ3n) is 4.35. The molecule has 0 bridgehead atoms. The van der Waals surface area contributed by atoms with Crippen molar-refractivity contribution in [3.63, 3.8) is 0 Å². The van der Waals surface area contributed by atoms with Gasteiger partial charge in [-0.2, -0.15) is 9.57 Å². The van der Waals surface area contributed by atoms with E-state index in [1.807, 2.05) is 0 Å². The number of rotatable bonds is 4. The van der Waals surface area contributed by atoms with Crippen LogP contribution in [0, 0.1) is 16.7 Å². The molecule has 0 aromatic heterocycles. The first-order valence-corrected chi connectivity index (χ1v) is 8.65. The number of hydrogen-bond acceptors (Lipinski definition) is 4. The molecular formula is C13H20N2O4S. The molecule has 1 atom stereocenters. The van der Waals surface area contributed by atoms with Crippen molar-refractivity contribution in [1.82, 2.24) is 4.31 Å². The van der Waals surface area contributed by atoms with E-state index in [9.17, 15) is 18.5 Å². The minimum absolute atomic E-state index is 0.236. The van der Waals surface area contributed by atoms with Crippen LogP contribution in [-0.2, 0) is 14.8 Å². The summed E-state index contributed by atoms with van der Waals surface area (Å²) in [5.41, 5.74) is -0.831. The summed E-state index contributed by atoms with van der Waals surface area (Å²) in [5, 5.41) is 18.5. The van der Waals surface area contributed by atoms with Crippen molar-refractivity contribution in [3.8, 4) is 6.07 Å². The second-order valence-electron chi connectivity index (χ2n) is 5.82. The van der Waals surface area contributed by atoms with Gasteiger partial charge in [-0.1, -0.05) is 19.3 Å². The van der Waals surface area contributed by atoms with E-state index < -0.39 is 27.4 Å². The predicted molar refractivity (Wildman–Crippen MR) is 72.3 cm³/mol. The van der Waals surface area contributed by atoms with Gasteiger partial charge in [-0.3, -0.25) is 4.79 Å². The summed E-state index contributed by atoms with van der Waals surface area (Å²) in [4.78, 5) is 11.1. The number of sulfonamides is 1. The van der Waals surface area contributed by atoms with Crippen molar-refractivity contribution in [1.29, 1.82) is 5.26 Å². The number of nitrogens with zero attached hydrogens (tertiary/aromatic N) is 2. The van der Waals surface area contributed by atoms with Crippen LogP contribution in [0.25, 0.3) is 0 Å². The maximum absolute atomic E-state index is 12.5. The average molecular weight is 300 g/mol. The highest BCUT2D eigenvalue weighted by molar-refractivity contribution is 7.89. The highest BCUT2D eigenvalue weighted by Gasteiger charge is 2.44. The van der Waals surface area contributed by atoms with E-state index in [4.69, 9.17) is 5.11 Å². The van der Waals surface area contributed by atoms with Gasteiger partial charge in [0.1, 0.15) is 6.04 Å². The molecule has 2 rings (SSSR count). The molecule has 0 unspecified atom stereocenters. The Morgan fingerprint density at radius 3 is 2.50 bits per heavy atom. The van der Waals surface area contributed by atoms with Crippen LogP contribution in [0.15, 0.2) is 0 Å². The number of aliphatic carboxylic acids is 1. The molecule has 0 amide bonds. The Morgan fingerprint density at radius 2 is 1.95 bits per heavy atom. The fraction of sp³-hybridized carbons (Fsp3) is 0.846.